The molecule has 0 atom stereocenters. The van der Waals surface area contributed by atoms with Crippen molar-refractivity contribution < 1.29 is 17.7 Å². The zero-order chi connectivity index (χ0) is 18.1. The fraction of sp³-hybridized carbons (Fsp3) is 0.250. The number of halogens is 1. The minimum absolute atomic E-state index is 0.0635. The maximum Gasteiger partial charge on any atom is 0.246 e. The molecule has 1 heterocycles. The fourth-order valence-electron chi connectivity index (χ4n) is 1.83. The zero-order valence-corrected chi connectivity index (χ0v) is 15.9. The number of hydrogen-bond donors (Lipinski definition) is 1. The number of carbonyl (C=O) groups excluding carboxylic acids is 1. The van der Waals surface area contributed by atoms with Crippen LogP contribution in [0.2, 0.25) is 0 Å². The monoisotopic (exact) mass is 412 g/mol. The lowest BCUT2D eigenvalue weighted by atomic mass is 10.2. The molecule has 1 aromatic heterocycles. The zero-order valence-electron chi connectivity index (χ0n) is 13.5. The van der Waals surface area contributed by atoms with E-state index < -0.39 is 20.5 Å². The molecule has 0 fully saturated rings. The van der Waals surface area contributed by atoms with Gasteiger partial charge in [-0.3, -0.25) is 4.79 Å². The summed E-state index contributed by atoms with van der Waals surface area (Å²) in [6.45, 7) is 8.13. The van der Waals surface area contributed by atoms with Gasteiger partial charge in [-0.2, -0.15) is 0 Å². The topological polar surface area (TPSA) is 89.3 Å². The van der Waals surface area contributed by atoms with Crippen molar-refractivity contribution in [1.29, 1.82) is 0 Å². The Balaban J connectivity index is 2.28. The number of hydrogen-bond acceptors (Lipinski definition) is 5. The van der Waals surface area contributed by atoms with Crippen LogP contribution in [0, 0.1) is 0 Å². The molecule has 8 heteroatoms. The molecule has 1 aromatic carbocycles. The average molecular weight is 413 g/mol. The van der Waals surface area contributed by atoms with Gasteiger partial charge in [0.1, 0.15) is 4.75 Å². The Hall–Kier alpha value is -1.93. The number of aromatic nitrogens is 1. The van der Waals surface area contributed by atoms with Gasteiger partial charge in [-0.05, 0) is 50.6 Å². The van der Waals surface area contributed by atoms with E-state index in [1.54, 1.807) is 19.1 Å². The van der Waals surface area contributed by atoms with Gasteiger partial charge >= 0.3 is 0 Å². The second-order valence-electron chi connectivity index (χ2n) is 5.78. The Bertz CT molecular complexity index is 883. The van der Waals surface area contributed by atoms with Crippen LogP contribution in [0.1, 0.15) is 26.5 Å². The van der Waals surface area contributed by atoms with E-state index in [-0.39, 0.29) is 10.7 Å². The van der Waals surface area contributed by atoms with Gasteiger partial charge in [-0.1, -0.05) is 27.7 Å². The van der Waals surface area contributed by atoms with Gasteiger partial charge in [0.2, 0.25) is 5.91 Å². The number of sulfone groups is 1. The molecule has 0 bridgehead atoms. The summed E-state index contributed by atoms with van der Waals surface area (Å²) in [7, 11) is -3.89. The molecular formula is C16H17BrN2O4S. The second kappa shape index (κ2) is 6.52. The van der Waals surface area contributed by atoms with Gasteiger partial charge in [0.15, 0.2) is 21.4 Å². The number of allylic oxidation sites excluding steroid dienone is 1. The van der Waals surface area contributed by atoms with Crippen molar-refractivity contribution in [2.45, 2.75) is 30.4 Å². The first kappa shape index (κ1) is 18.4. The number of benzene rings is 1. The van der Waals surface area contributed by atoms with Crippen LogP contribution in [0.3, 0.4) is 0 Å². The van der Waals surface area contributed by atoms with Crippen LogP contribution in [-0.4, -0.2) is 24.2 Å². The Morgan fingerprint density at radius 3 is 2.38 bits per heavy atom. The van der Waals surface area contributed by atoms with Crippen molar-refractivity contribution in [2.75, 3.05) is 5.32 Å². The fourth-order valence-corrected chi connectivity index (χ4v) is 3.48. The van der Waals surface area contributed by atoms with E-state index in [0.717, 1.165) is 4.47 Å². The van der Waals surface area contributed by atoms with Gasteiger partial charge < -0.3 is 9.84 Å². The molecule has 0 saturated heterocycles. The molecular weight excluding hydrogens is 396 g/mol. The lowest BCUT2D eigenvalue weighted by Gasteiger charge is -2.23. The van der Waals surface area contributed by atoms with Crippen LogP contribution < -0.4 is 5.32 Å². The molecule has 0 spiro atoms. The van der Waals surface area contributed by atoms with Crippen LogP contribution in [0.5, 0.6) is 0 Å². The molecule has 1 amide bonds. The van der Waals surface area contributed by atoms with Crippen LogP contribution >= 0.6 is 15.9 Å². The molecule has 0 aliphatic rings. The minimum Gasteiger partial charge on any atom is -0.354 e. The summed E-state index contributed by atoms with van der Waals surface area (Å²) in [5.41, 5.74) is 0.643. The lowest BCUT2D eigenvalue weighted by Crippen LogP contribution is -2.44. The second-order valence-corrected chi connectivity index (χ2v) is 9.19. The molecule has 6 nitrogen and oxygen atoms in total. The molecule has 24 heavy (non-hydrogen) atoms. The summed E-state index contributed by atoms with van der Waals surface area (Å²) in [4.78, 5) is 12.6. The predicted octanol–water partition coefficient (Wildman–Crippen LogP) is 3.66. The summed E-state index contributed by atoms with van der Waals surface area (Å²) >= 11 is 3.25. The Morgan fingerprint density at radius 1 is 1.29 bits per heavy atom. The Labute approximate surface area is 149 Å². The number of amides is 1. The third-order valence-electron chi connectivity index (χ3n) is 3.51. The number of carbonyl (C=O) groups is 1. The van der Waals surface area contributed by atoms with Crippen molar-refractivity contribution >= 4 is 43.1 Å². The summed E-state index contributed by atoms with van der Waals surface area (Å²) in [6.07, 6.45) is 0. The van der Waals surface area contributed by atoms with E-state index in [1.807, 2.05) is 0 Å². The number of nitrogens with zero attached hydrogens (tertiary/aromatic N) is 1. The highest BCUT2D eigenvalue weighted by molar-refractivity contribution is 9.10. The van der Waals surface area contributed by atoms with Crippen LogP contribution in [0.4, 0.5) is 5.82 Å². The third kappa shape index (κ3) is 3.44. The van der Waals surface area contributed by atoms with E-state index in [4.69, 9.17) is 4.52 Å². The van der Waals surface area contributed by atoms with Crippen LogP contribution in [0.25, 0.3) is 5.57 Å². The van der Waals surface area contributed by atoms with E-state index in [0.29, 0.717) is 11.3 Å². The predicted molar refractivity (Wildman–Crippen MR) is 95.2 cm³/mol. The first-order valence-electron chi connectivity index (χ1n) is 7.00. The van der Waals surface area contributed by atoms with Crippen molar-refractivity contribution in [3.63, 3.8) is 0 Å². The van der Waals surface area contributed by atoms with Gasteiger partial charge in [-0.25, -0.2) is 8.42 Å². The minimum atomic E-state index is -3.89. The van der Waals surface area contributed by atoms with Crippen molar-refractivity contribution in [3.05, 3.63) is 47.1 Å². The van der Waals surface area contributed by atoms with Crippen LogP contribution in [0.15, 0.2) is 50.8 Å². The molecule has 0 radical (unpaired) electrons. The molecule has 2 rings (SSSR count). The molecule has 0 aliphatic carbocycles. The molecule has 1 N–H and O–H groups in total. The molecule has 0 saturated carbocycles. The molecule has 0 aliphatic heterocycles. The highest BCUT2D eigenvalue weighted by Gasteiger charge is 2.43. The number of anilines is 1. The van der Waals surface area contributed by atoms with Gasteiger partial charge in [0, 0.05) is 10.5 Å². The number of nitrogens with one attached hydrogen (secondary N) is 1. The molecule has 2 aromatic rings. The third-order valence-corrected chi connectivity index (χ3v) is 6.47. The normalized spacial score (nSPS) is 12.0. The van der Waals surface area contributed by atoms with E-state index in [2.05, 4.69) is 33.0 Å². The standard InChI is InChI=1S/C16H17BrN2O4S/c1-10(2)13-9-14(19-23-13)18-15(20)16(3,4)24(21,22)12-7-5-11(17)6-8-12/h5-9H,1H2,2-4H3,(H,18,19,20). The van der Waals surface area contributed by atoms with Crippen molar-refractivity contribution in [1.82, 2.24) is 5.16 Å². The van der Waals surface area contributed by atoms with E-state index in [9.17, 15) is 13.2 Å². The number of rotatable bonds is 5. The first-order chi connectivity index (χ1) is 11.1. The Morgan fingerprint density at radius 2 is 1.88 bits per heavy atom. The quantitative estimate of drug-likeness (QED) is 0.808. The lowest BCUT2D eigenvalue weighted by molar-refractivity contribution is -0.117. The summed E-state index contributed by atoms with van der Waals surface area (Å²) < 4.78 is 29.6. The van der Waals surface area contributed by atoms with Gasteiger partial charge in [-0.15, -0.1) is 0 Å². The maximum absolute atomic E-state index is 12.8. The SMILES string of the molecule is C=C(C)c1cc(NC(=O)C(C)(C)S(=O)(=O)c2ccc(Br)cc2)no1. The first-order valence-corrected chi connectivity index (χ1v) is 9.27. The van der Waals surface area contributed by atoms with Crippen LogP contribution in [-0.2, 0) is 14.6 Å². The summed E-state index contributed by atoms with van der Waals surface area (Å²) in [5, 5.41) is 6.16. The largest absolute Gasteiger partial charge is 0.354 e. The van der Waals surface area contributed by atoms with E-state index >= 15 is 0 Å². The maximum atomic E-state index is 12.8. The van der Waals surface area contributed by atoms with Crippen molar-refractivity contribution in [3.8, 4) is 0 Å². The smallest absolute Gasteiger partial charge is 0.246 e. The van der Waals surface area contributed by atoms with Gasteiger partial charge in [0.25, 0.3) is 0 Å². The summed E-state index contributed by atoms with van der Waals surface area (Å²) in [5.74, 6) is -0.150. The highest BCUT2D eigenvalue weighted by atomic mass is 79.9. The average Bonchev–Trinajstić information content (AvgIpc) is 2.96. The van der Waals surface area contributed by atoms with Crippen molar-refractivity contribution in [2.24, 2.45) is 0 Å². The van der Waals surface area contributed by atoms with E-state index in [1.165, 1.54) is 32.0 Å². The summed E-state index contributed by atoms with van der Waals surface area (Å²) in [6, 6.07) is 7.60. The molecule has 128 valence electrons. The highest BCUT2D eigenvalue weighted by Crippen LogP contribution is 2.28. The van der Waals surface area contributed by atoms with Gasteiger partial charge in [0.05, 0.1) is 4.90 Å². The Kier molecular flexibility index (Phi) is 5.00. The molecule has 0 unspecified atom stereocenters.